The molecule has 47 heavy (non-hydrogen) atoms. The monoisotopic (exact) mass is 623 g/mol. The highest BCUT2D eigenvalue weighted by molar-refractivity contribution is 6.77. The summed E-state index contributed by atoms with van der Waals surface area (Å²) < 4.78 is 0. The van der Waals surface area contributed by atoms with E-state index in [1.807, 2.05) is 0 Å². The highest BCUT2D eigenvalue weighted by Crippen LogP contribution is 2.58. The zero-order valence-electron chi connectivity index (χ0n) is 28.1. The molecule has 3 saturated heterocycles. The first-order valence-corrected chi connectivity index (χ1v) is 19.0. The number of hydrogen-bond donors (Lipinski definition) is 2. The van der Waals surface area contributed by atoms with Gasteiger partial charge in [-0.15, -0.1) is 0 Å². The van der Waals surface area contributed by atoms with Crippen LogP contribution in [0.15, 0.2) is 83.9 Å². The van der Waals surface area contributed by atoms with Gasteiger partial charge in [0.25, 0.3) is 0 Å². The third-order valence-corrected chi connectivity index (χ3v) is 14.0. The molecule has 11 atom stereocenters. The maximum Gasteiger partial charge on any atom is 0.203 e. The lowest BCUT2D eigenvalue weighted by molar-refractivity contribution is -0.0633. The van der Waals surface area contributed by atoms with Gasteiger partial charge < -0.3 is 9.80 Å². The van der Waals surface area contributed by atoms with Gasteiger partial charge in [0.2, 0.25) is 6.71 Å². The minimum absolute atomic E-state index is 0.0822. The van der Waals surface area contributed by atoms with Crippen LogP contribution in [0.3, 0.4) is 0 Å². The fourth-order valence-corrected chi connectivity index (χ4v) is 12.4. The maximum absolute atomic E-state index is 5.83. The average molecular weight is 624 g/mol. The molecule has 3 saturated carbocycles. The third kappa shape index (κ3) is 4.32. The van der Waals surface area contributed by atoms with Crippen LogP contribution in [-0.2, 0) is 0 Å². The van der Waals surface area contributed by atoms with E-state index < -0.39 is 0 Å². The second kappa shape index (κ2) is 11.2. The average Bonchev–Trinajstić information content (AvgIpc) is 3.51. The molecule has 242 valence electrons. The Labute approximate surface area is 281 Å². The van der Waals surface area contributed by atoms with Crippen molar-refractivity contribution in [2.24, 2.45) is 16.8 Å². The number of nitrogens with zero attached hydrogens (tertiary/aromatic N) is 3. The molecule has 4 aliphatic heterocycles. The first-order valence-electron chi connectivity index (χ1n) is 19.0. The van der Waals surface area contributed by atoms with Crippen LogP contribution in [0, 0.1) is 25.7 Å². The zero-order valence-corrected chi connectivity index (χ0v) is 28.1. The Morgan fingerprint density at radius 2 is 1.38 bits per heavy atom. The van der Waals surface area contributed by atoms with Gasteiger partial charge in [0.15, 0.2) is 5.96 Å². The summed E-state index contributed by atoms with van der Waals surface area (Å²) in [5.74, 6) is 3.87. The molecule has 7 aliphatic rings. The Bertz CT molecular complexity index is 1640. The van der Waals surface area contributed by atoms with Crippen molar-refractivity contribution < 1.29 is 0 Å². The number of hydrogen-bond acceptors (Lipinski definition) is 5. The van der Waals surface area contributed by atoms with E-state index in [9.17, 15) is 0 Å². The van der Waals surface area contributed by atoms with Gasteiger partial charge in [0.05, 0.1) is 30.3 Å². The summed E-state index contributed by atoms with van der Waals surface area (Å²) in [6.07, 6.45) is 12.3. The van der Waals surface area contributed by atoms with Crippen LogP contribution in [-0.4, -0.2) is 58.6 Å². The largest absolute Gasteiger partial charge is 0.334 e. The van der Waals surface area contributed by atoms with Crippen molar-refractivity contribution in [3.8, 4) is 0 Å². The maximum atomic E-state index is 5.83. The molecular weight excluding hydrogens is 573 g/mol. The first-order chi connectivity index (χ1) is 23.2. The Morgan fingerprint density at radius 1 is 0.660 bits per heavy atom. The van der Waals surface area contributed by atoms with E-state index in [0.29, 0.717) is 36.7 Å². The predicted molar refractivity (Wildman–Crippen MR) is 192 cm³/mol. The minimum atomic E-state index is 0.0822. The van der Waals surface area contributed by atoms with Crippen LogP contribution in [0.2, 0.25) is 5.82 Å². The molecule has 0 spiro atoms. The lowest BCUT2D eigenvalue weighted by Crippen LogP contribution is -2.83. The van der Waals surface area contributed by atoms with E-state index in [0.717, 1.165) is 11.8 Å². The van der Waals surface area contributed by atoms with Crippen LogP contribution in [0.5, 0.6) is 0 Å². The molecule has 4 heterocycles. The van der Waals surface area contributed by atoms with Crippen molar-refractivity contribution in [1.29, 1.82) is 0 Å². The summed E-state index contributed by atoms with van der Waals surface area (Å²) in [4.78, 5) is 11.8. The van der Waals surface area contributed by atoms with E-state index >= 15 is 0 Å². The van der Waals surface area contributed by atoms with Gasteiger partial charge in [-0.25, -0.2) is 4.99 Å². The molecular formula is C41H50BN5. The Balaban J connectivity index is 1.21. The topological polar surface area (TPSA) is 42.9 Å². The lowest BCUT2D eigenvalue weighted by atomic mass is 9.25. The van der Waals surface area contributed by atoms with Crippen LogP contribution < -0.4 is 16.1 Å². The number of nitrogens with one attached hydrogen (secondary N) is 2. The fraction of sp³-hybridized carbons (Fsp3) is 0.537. The van der Waals surface area contributed by atoms with Gasteiger partial charge in [-0.3, -0.25) is 10.6 Å². The quantitative estimate of drug-likeness (QED) is 0.325. The molecule has 3 aliphatic carbocycles. The van der Waals surface area contributed by atoms with E-state index in [1.165, 1.54) is 86.0 Å². The van der Waals surface area contributed by atoms with Crippen LogP contribution in [0.4, 0.5) is 0 Å². The van der Waals surface area contributed by atoms with Gasteiger partial charge in [-0.1, -0.05) is 128 Å². The van der Waals surface area contributed by atoms with Crippen LogP contribution in [0.25, 0.3) is 0 Å². The van der Waals surface area contributed by atoms with Gasteiger partial charge in [0, 0.05) is 23.9 Å². The highest BCUT2D eigenvalue weighted by Gasteiger charge is 2.66. The second-order valence-corrected chi connectivity index (χ2v) is 16.1. The zero-order chi connectivity index (χ0) is 31.2. The summed E-state index contributed by atoms with van der Waals surface area (Å²) in [6.45, 7) is 5.23. The van der Waals surface area contributed by atoms with Crippen molar-refractivity contribution in [2.45, 2.75) is 126 Å². The van der Waals surface area contributed by atoms with Gasteiger partial charge in [-0.2, -0.15) is 0 Å². The summed E-state index contributed by atoms with van der Waals surface area (Å²) in [7, 11) is 0. The van der Waals surface area contributed by atoms with Crippen LogP contribution in [0.1, 0.15) is 92.2 Å². The Morgan fingerprint density at radius 3 is 2.17 bits per heavy atom. The smallest absolute Gasteiger partial charge is 0.203 e. The number of aryl methyl sites for hydroxylation is 2. The molecule has 3 aromatic carbocycles. The third-order valence-electron chi connectivity index (χ3n) is 14.0. The molecule has 2 N–H and O–H groups in total. The fourth-order valence-electron chi connectivity index (χ4n) is 12.4. The summed E-state index contributed by atoms with van der Waals surface area (Å²) in [6, 6.07) is 32.4. The summed E-state index contributed by atoms with van der Waals surface area (Å²) in [5.41, 5.74) is 7.30. The predicted octanol–water partition coefficient (Wildman–Crippen LogP) is 6.54. The molecule has 0 aromatic heterocycles. The van der Waals surface area contributed by atoms with Crippen LogP contribution >= 0.6 is 0 Å². The van der Waals surface area contributed by atoms with Gasteiger partial charge >= 0.3 is 0 Å². The molecule has 6 fully saturated rings. The number of guanidine groups is 1. The number of aliphatic imine (C=N–C) groups is 1. The summed E-state index contributed by atoms with van der Waals surface area (Å²) in [5, 5.41) is 8.63. The number of benzene rings is 3. The molecule has 0 amide bonds. The van der Waals surface area contributed by atoms with Crippen molar-refractivity contribution in [3.63, 3.8) is 0 Å². The molecule has 0 bridgehead atoms. The number of fused-ring (bicyclic) bond motifs is 7. The van der Waals surface area contributed by atoms with E-state index in [2.05, 4.69) is 113 Å². The molecule has 11 unspecified atom stereocenters. The van der Waals surface area contributed by atoms with Crippen molar-refractivity contribution in [1.82, 2.24) is 20.4 Å². The van der Waals surface area contributed by atoms with Gasteiger partial charge in [0.1, 0.15) is 0 Å². The molecule has 6 heteroatoms. The standard InChI is InChI=1S/C41H50BN5/c1-25-13-11-14-26(2)35(25)42-30-24-23-27-19-12-22-33-34(27)37(30)47(41-43-31-20-9-10-21-32(31)46(33)41)38-36(28-15-5-3-6-16-28)44-40(45-39(38)42)29-17-7-4-8-18-29/h3-8,11,13-18,27,30-34,36-40,44-45H,9-10,12,19-24H2,1-2H3. The first kappa shape index (κ1) is 28.9. The highest BCUT2D eigenvalue weighted by atomic mass is 15.5. The van der Waals surface area contributed by atoms with E-state index in [1.54, 1.807) is 5.46 Å². The molecule has 10 rings (SSSR count). The Kier molecular flexibility index (Phi) is 6.91. The molecule has 5 nitrogen and oxygen atoms in total. The normalized spacial score (nSPS) is 38.6. The second-order valence-electron chi connectivity index (χ2n) is 16.1. The number of rotatable bonds is 3. The summed E-state index contributed by atoms with van der Waals surface area (Å²) >= 11 is 0. The van der Waals surface area contributed by atoms with E-state index in [-0.39, 0.29) is 24.2 Å². The van der Waals surface area contributed by atoms with Crippen molar-refractivity contribution in [3.05, 3.63) is 101 Å². The molecule has 3 aromatic rings. The minimum Gasteiger partial charge on any atom is -0.334 e. The Hall–Kier alpha value is -3.09. The van der Waals surface area contributed by atoms with Gasteiger partial charge in [-0.05, 0) is 62.4 Å². The van der Waals surface area contributed by atoms with Crippen molar-refractivity contribution >= 4 is 18.1 Å². The molecule has 0 radical (unpaired) electrons. The van der Waals surface area contributed by atoms with Crippen molar-refractivity contribution in [2.75, 3.05) is 0 Å². The lowest BCUT2D eigenvalue weighted by Gasteiger charge is -2.69. The van der Waals surface area contributed by atoms with E-state index in [4.69, 9.17) is 4.99 Å². The SMILES string of the molecule is Cc1cccc(C)c1B1C2CCC3CCCC4C3C2N(C2=NC3CCCCC3N24)C2C1NC(c1ccccc1)NC2c1ccccc1.